The molecule has 17 heavy (non-hydrogen) atoms. The van der Waals surface area contributed by atoms with E-state index in [-0.39, 0.29) is 11.5 Å². The van der Waals surface area contributed by atoms with Crippen molar-refractivity contribution in [3.8, 4) is 22.6 Å². The van der Waals surface area contributed by atoms with E-state index in [1.54, 1.807) is 30.3 Å². The zero-order chi connectivity index (χ0) is 12.7. The summed E-state index contributed by atoms with van der Waals surface area (Å²) < 4.78 is 0. The van der Waals surface area contributed by atoms with Gasteiger partial charge in [-0.1, -0.05) is 44.5 Å². The molecule has 0 unspecified atom stereocenters. The Morgan fingerprint density at radius 2 is 1.35 bits per heavy atom. The van der Waals surface area contributed by atoms with Gasteiger partial charge in [-0.2, -0.15) is 0 Å². The lowest BCUT2D eigenvalue weighted by Crippen LogP contribution is -1.76. The highest BCUT2D eigenvalue weighted by molar-refractivity contribution is 5.65. The summed E-state index contributed by atoms with van der Waals surface area (Å²) in [4.78, 5) is 0. The summed E-state index contributed by atoms with van der Waals surface area (Å²) in [6.07, 6.45) is 1.25. The molecule has 0 aliphatic carbocycles. The molecule has 0 spiro atoms. The van der Waals surface area contributed by atoms with Crippen LogP contribution >= 0.6 is 0 Å². The van der Waals surface area contributed by atoms with E-state index in [4.69, 9.17) is 5.11 Å². The average molecular weight is 230 g/mol. The summed E-state index contributed by atoms with van der Waals surface area (Å²) in [5, 5.41) is 18.4. The molecule has 0 amide bonds. The Morgan fingerprint density at radius 1 is 0.765 bits per heavy atom. The van der Waals surface area contributed by atoms with Gasteiger partial charge in [0.05, 0.1) is 0 Å². The van der Waals surface area contributed by atoms with Gasteiger partial charge in [0.15, 0.2) is 0 Å². The fourth-order valence-electron chi connectivity index (χ4n) is 1.34. The Hall–Kier alpha value is -1.96. The van der Waals surface area contributed by atoms with Gasteiger partial charge in [-0.25, -0.2) is 0 Å². The van der Waals surface area contributed by atoms with Crippen LogP contribution in [0.3, 0.4) is 0 Å². The fourth-order valence-corrected chi connectivity index (χ4v) is 1.34. The zero-order valence-corrected chi connectivity index (χ0v) is 10.2. The highest BCUT2D eigenvalue weighted by Gasteiger charge is 1.97. The molecule has 0 heterocycles. The third kappa shape index (κ3) is 4.19. The van der Waals surface area contributed by atoms with E-state index in [9.17, 15) is 5.11 Å². The monoisotopic (exact) mass is 230 g/mol. The van der Waals surface area contributed by atoms with Gasteiger partial charge in [0.2, 0.25) is 0 Å². The summed E-state index contributed by atoms with van der Waals surface area (Å²) in [7, 11) is 0. The van der Waals surface area contributed by atoms with Gasteiger partial charge in [0.1, 0.15) is 11.5 Å². The first-order chi connectivity index (χ1) is 8.17. The molecule has 2 nitrogen and oxygen atoms in total. The summed E-state index contributed by atoms with van der Waals surface area (Å²) in [5.41, 5.74) is 1.91. The highest BCUT2D eigenvalue weighted by atomic mass is 16.3. The minimum atomic E-state index is 0.244. The molecular weight excluding hydrogens is 212 g/mol. The van der Waals surface area contributed by atoms with Crippen LogP contribution in [-0.4, -0.2) is 10.2 Å². The van der Waals surface area contributed by atoms with Crippen LogP contribution in [0.4, 0.5) is 0 Å². The maximum absolute atomic E-state index is 9.28. The second-order valence-electron chi connectivity index (χ2n) is 3.80. The van der Waals surface area contributed by atoms with E-state index in [0.29, 0.717) is 0 Å². The molecule has 0 saturated heterocycles. The van der Waals surface area contributed by atoms with Crippen LogP contribution in [0.1, 0.15) is 20.3 Å². The number of phenolic OH excluding ortho intramolecular Hbond substituents is 2. The van der Waals surface area contributed by atoms with Gasteiger partial charge < -0.3 is 10.2 Å². The van der Waals surface area contributed by atoms with Crippen molar-refractivity contribution in [3.63, 3.8) is 0 Å². The number of phenols is 2. The topological polar surface area (TPSA) is 40.5 Å². The molecule has 2 aromatic rings. The van der Waals surface area contributed by atoms with Crippen molar-refractivity contribution in [1.29, 1.82) is 0 Å². The van der Waals surface area contributed by atoms with Crippen LogP contribution in [-0.2, 0) is 0 Å². The Labute approximate surface area is 102 Å². The second-order valence-corrected chi connectivity index (χ2v) is 3.80. The van der Waals surface area contributed by atoms with E-state index in [2.05, 4.69) is 13.8 Å². The number of benzene rings is 2. The van der Waals surface area contributed by atoms with Gasteiger partial charge in [-0.05, 0) is 35.4 Å². The van der Waals surface area contributed by atoms with Crippen LogP contribution in [0.25, 0.3) is 11.1 Å². The van der Waals surface area contributed by atoms with Gasteiger partial charge in [0.25, 0.3) is 0 Å². The normalized spacial score (nSPS) is 9.29. The highest BCUT2D eigenvalue weighted by Crippen LogP contribution is 2.24. The first kappa shape index (κ1) is 13.1. The molecular formula is C15H18O2. The standard InChI is InChI=1S/C12H10O2.C3H8/c13-11-6-4-9(5-7-11)10-2-1-3-12(14)8-10;1-3-2/h1-8,13-14H;3H2,1-2H3. The molecule has 0 aliphatic heterocycles. The minimum Gasteiger partial charge on any atom is -0.508 e. The molecule has 2 N–H and O–H groups in total. The molecule has 2 aromatic carbocycles. The van der Waals surface area contributed by atoms with Crippen LogP contribution in [0, 0.1) is 0 Å². The zero-order valence-electron chi connectivity index (χ0n) is 10.2. The third-order valence-electron chi connectivity index (χ3n) is 2.05. The maximum Gasteiger partial charge on any atom is 0.116 e. The molecule has 0 aromatic heterocycles. The number of hydrogen-bond donors (Lipinski definition) is 2. The Bertz CT molecular complexity index is 447. The lowest BCUT2D eigenvalue weighted by Gasteiger charge is -2.01. The van der Waals surface area contributed by atoms with E-state index >= 15 is 0 Å². The van der Waals surface area contributed by atoms with Crippen molar-refractivity contribution in [1.82, 2.24) is 0 Å². The summed E-state index contributed by atoms with van der Waals surface area (Å²) in [6.45, 7) is 4.25. The lowest BCUT2D eigenvalue weighted by molar-refractivity contribution is 0.475. The van der Waals surface area contributed by atoms with E-state index < -0.39 is 0 Å². The maximum atomic E-state index is 9.28. The Balaban J connectivity index is 0.000000437. The fraction of sp³-hybridized carbons (Fsp3) is 0.200. The smallest absolute Gasteiger partial charge is 0.116 e. The predicted molar refractivity (Wildman–Crippen MR) is 71.2 cm³/mol. The van der Waals surface area contributed by atoms with Crippen molar-refractivity contribution >= 4 is 0 Å². The molecule has 2 heteroatoms. The molecule has 2 rings (SSSR count). The molecule has 0 atom stereocenters. The van der Waals surface area contributed by atoms with Gasteiger partial charge in [0, 0.05) is 0 Å². The van der Waals surface area contributed by atoms with Crippen LogP contribution in [0.5, 0.6) is 11.5 Å². The summed E-state index contributed by atoms with van der Waals surface area (Å²) in [5.74, 6) is 0.490. The van der Waals surface area contributed by atoms with Gasteiger partial charge in [-0.15, -0.1) is 0 Å². The van der Waals surface area contributed by atoms with E-state index in [1.165, 1.54) is 6.42 Å². The Kier molecular flexibility index (Phi) is 5.08. The van der Waals surface area contributed by atoms with Gasteiger partial charge in [-0.3, -0.25) is 0 Å². The van der Waals surface area contributed by atoms with E-state index in [0.717, 1.165) is 11.1 Å². The molecule has 0 aliphatic rings. The molecule has 90 valence electrons. The van der Waals surface area contributed by atoms with Crippen molar-refractivity contribution < 1.29 is 10.2 Å². The molecule has 0 radical (unpaired) electrons. The molecule has 0 bridgehead atoms. The molecule has 0 fully saturated rings. The number of hydrogen-bond acceptors (Lipinski definition) is 2. The van der Waals surface area contributed by atoms with Crippen LogP contribution in [0.15, 0.2) is 48.5 Å². The SMILES string of the molecule is CCC.Oc1ccc(-c2cccc(O)c2)cc1. The van der Waals surface area contributed by atoms with Crippen molar-refractivity contribution in [2.45, 2.75) is 20.3 Å². The summed E-state index contributed by atoms with van der Waals surface area (Å²) >= 11 is 0. The third-order valence-corrected chi connectivity index (χ3v) is 2.05. The minimum absolute atomic E-state index is 0.244. The second kappa shape index (κ2) is 6.59. The average Bonchev–Trinajstić information content (AvgIpc) is 2.31. The quantitative estimate of drug-likeness (QED) is 0.771. The molecule has 0 saturated carbocycles. The summed E-state index contributed by atoms with van der Waals surface area (Å²) in [6, 6.07) is 13.9. The number of rotatable bonds is 1. The predicted octanol–water partition coefficient (Wildman–Crippen LogP) is 4.18. The van der Waals surface area contributed by atoms with Crippen LogP contribution in [0.2, 0.25) is 0 Å². The lowest BCUT2D eigenvalue weighted by atomic mass is 10.1. The first-order valence-corrected chi connectivity index (χ1v) is 5.75. The van der Waals surface area contributed by atoms with E-state index in [1.807, 2.05) is 18.2 Å². The number of aromatic hydroxyl groups is 2. The Morgan fingerprint density at radius 3 is 1.88 bits per heavy atom. The van der Waals surface area contributed by atoms with Crippen molar-refractivity contribution in [3.05, 3.63) is 48.5 Å². The largest absolute Gasteiger partial charge is 0.508 e. The van der Waals surface area contributed by atoms with Crippen molar-refractivity contribution in [2.75, 3.05) is 0 Å². The van der Waals surface area contributed by atoms with Crippen molar-refractivity contribution in [2.24, 2.45) is 0 Å². The van der Waals surface area contributed by atoms with Crippen LogP contribution < -0.4 is 0 Å². The first-order valence-electron chi connectivity index (χ1n) is 5.75. The van der Waals surface area contributed by atoms with Gasteiger partial charge >= 0.3 is 0 Å².